The number of hydrogen-bond acceptors (Lipinski definition) is 4. The topological polar surface area (TPSA) is 88.4 Å². The van der Waals surface area contributed by atoms with Crippen LogP contribution in [0.15, 0.2) is 18.2 Å². The maximum atomic E-state index is 7.36. The number of hydrogen-bond donors (Lipinski definition) is 3. The van der Waals surface area contributed by atoms with Crippen LogP contribution >= 0.6 is 0 Å². The van der Waals surface area contributed by atoms with Gasteiger partial charge in [-0.1, -0.05) is 0 Å². The Morgan fingerprint density at radius 3 is 2.57 bits per heavy atom. The fourth-order valence-corrected chi connectivity index (χ4v) is 1.06. The van der Waals surface area contributed by atoms with Gasteiger partial charge in [-0.2, -0.15) is 0 Å². The molecular formula is C9H14N4O. The summed E-state index contributed by atoms with van der Waals surface area (Å²) in [7, 11) is 1.55. The van der Waals surface area contributed by atoms with Crippen molar-refractivity contribution in [1.29, 1.82) is 5.41 Å². The molecule has 0 bridgehead atoms. The summed E-state index contributed by atoms with van der Waals surface area (Å²) in [6, 6.07) is 5.09. The predicted molar refractivity (Wildman–Crippen MR) is 57.5 cm³/mol. The summed E-state index contributed by atoms with van der Waals surface area (Å²) in [4.78, 5) is 0. The van der Waals surface area contributed by atoms with Crippen molar-refractivity contribution in [3.63, 3.8) is 0 Å². The van der Waals surface area contributed by atoms with Gasteiger partial charge in [-0.05, 0) is 13.0 Å². The Kier molecular flexibility index (Phi) is 2.93. The van der Waals surface area contributed by atoms with E-state index in [-0.39, 0.29) is 5.84 Å². The van der Waals surface area contributed by atoms with E-state index in [1.807, 2.05) is 0 Å². The van der Waals surface area contributed by atoms with Gasteiger partial charge in [0.1, 0.15) is 11.6 Å². The van der Waals surface area contributed by atoms with Gasteiger partial charge < -0.3 is 10.5 Å². The SMILES string of the molecule is COc1cc(N)cc(N(N)C(C)=N)c1. The van der Waals surface area contributed by atoms with Gasteiger partial charge in [-0.3, -0.25) is 10.4 Å². The van der Waals surface area contributed by atoms with Gasteiger partial charge in [-0.15, -0.1) is 0 Å². The van der Waals surface area contributed by atoms with E-state index in [0.717, 1.165) is 0 Å². The summed E-state index contributed by atoms with van der Waals surface area (Å²) in [6.45, 7) is 1.59. The van der Waals surface area contributed by atoms with Crippen LogP contribution in [-0.2, 0) is 0 Å². The minimum Gasteiger partial charge on any atom is -0.497 e. The number of anilines is 2. The zero-order chi connectivity index (χ0) is 10.7. The molecule has 5 nitrogen and oxygen atoms in total. The number of benzene rings is 1. The van der Waals surface area contributed by atoms with Crippen LogP contribution in [0.2, 0.25) is 0 Å². The van der Waals surface area contributed by atoms with Gasteiger partial charge in [0.05, 0.1) is 12.8 Å². The number of nitrogen functional groups attached to an aromatic ring is 1. The van der Waals surface area contributed by atoms with Crippen LogP contribution in [0.5, 0.6) is 5.75 Å². The van der Waals surface area contributed by atoms with E-state index in [0.29, 0.717) is 17.1 Å². The van der Waals surface area contributed by atoms with Crippen LogP contribution in [0.1, 0.15) is 6.92 Å². The van der Waals surface area contributed by atoms with Crippen molar-refractivity contribution in [1.82, 2.24) is 0 Å². The first kappa shape index (κ1) is 10.3. The summed E-state index contributed by atoms with van der Waals surface area (Å²) >= 11 is 0. The third-order valence-electron chi connectivity index (χ3n) is 1.79. The number of amidine groups is 1. The maximum absolute atomic E-state index is 7.36. The van der Waals surface area contributed by atoms with E-state index in [4.69, 9.17) is 21.7 Å². The van der Waals surface area contributed by atoms with Gasteiger partial charge in [0, 0.05) is 17.8 Å². The molecule has 0 aromatic heterocycles. The molecular weight excluding hydrogens is 180 g/mol. The quantitative estimate of drug-likeness (QED) is 0.215. The molecule has 0 heterocycles. The van der Waals surface area contributed by atoms with Crippen LogP contribution in [0.3, 0.4) is 0 Å². The van der Waals surface area contributed by atoms with E-state index < -0.39 is 0 Å². The summed E-state index contributed by atoms with van der Waals surface area (Å²) in [5.41, 5.74) is 6.83. The highest BCUT2D eigenvalue weighted by Gasteiger charge is 2.06. The van der Waals surface area contributed by atoms with Crippen molar-refractivity contribution >= 4 is 17.2 Å². The highest BCUT2D eigenvalue weighted by atomic mass is 16.5. The number of ether oxygens (including phenoxy) is 1. The van der Waals surface area contributed by atoms with Crippen LogP contribution in [0.4, 0.5) is 11.4 Å². The lowest BCUT2D eigenvalue weighted by Gasteiger charge is -2.17. The second-order valence-electron chi connectivity index (χ2n) is 2.92. The number of rotatable bonds is 2. The van der Waals surface area contributed by atoms with Crippen LogP contribution < -0.4 is 21.3 Å². The van der Waals surface area contributed by atoms with Crippen molar-refractivity contribution in [2.24, 2.45) is 5.84 Å². The van der Waals surface area contributed by atoms with E-state index >= 15 is 0 Å². The van der Waals surface area contributed by atoms with E-state index in [1.54, 1.807) is 32.2 Å². The minimum absolute atomic E-state index is 0.234. The smallest absolute Gasteiger partial charge is 0.123 e. The summed E-state index contributed by atoms with van der Waals surface area (Å²) in [5, 5.41) is 8.59. The first-order valence-electron chi connectivity index (χ1n) is 4.09. The largest absolute Gasteiger partial charge is 0.497 e. The van der Waals surface area contributed by atoms with E-state index in [9.17, 15) is 0 Å². The summed E-state index contributed by atoms with van der Waals surface area (Å²) in [6.07, 6.45) is 0. The molecule has 1 rings (SSSR count). The van der Waals surface area contributed by atoms with Crippen LogP contribution in [-0.4, -0.2) is 12.9 Å². The molecule has 0 aliphatic heterocycles. The lowest BCUT2D eigenvalue weighted by atomic mass is 10.2. The molecule has 0 unspecified atom stereocenters. The van der Waals surface area contributed by atoms with Gasteiger partial charge in [-0.25, -0.2) is 5.84 Å². The van der Waals surface area contributed by atoms with E-state index in [1.165, 1.54) is 5.01 Å². The molecule has 0 atom stereocenters. The number of nitrogens with two attached hydrogens (primary N) is 2. The molecule has 0 radical (unpaired) electrons. The lowest BCUT2D eigenvalue weighted by molar-refractivity contribution is 0.415. The molecule has 0 saturated heterocycles. The molecule has 5 N–H and O–H groups in total. The molecule has 76 valence electrons. The normalized spacial score (nSPS) is 9.64. The monoisotopic (exact) mass is 194 g/mol. The third kappa shape index (κ3) is 2.14. The molecule has 0 saturated carbocycles. The van der Waals surface area contributed by atoms with Gasteiger partial charge in [0.15, 0.2) is 0 Å². The molecule has 1 aromatic carbocycles. The van der Waals surface area contributed by atoms with Gasteiger partial charge in [0.2, 0.25) is 0 Å². The number of hydrazine groups is 1. The molecule has 0 aliphatic carbocycles. The van der Waals surface area contributed by atoms with Crippen LogP contribution in [0, 0.1) is 5.41 Å². The maximum Gasteiger partial charge on any atom is 0.123 e. The Morgan fingerprint density at radius 2 is 2.07 bits per heavy atom. The second kappa shape index (κ2) is 3.97. The Morgan fingerprint density at radius 1 is 1.43 bits per heavy atom. The summed E-state index contributed by atoms with van der Waals surface area (Å²) < 4.78 is 5.03. The lowest BCUT2D eigenvalue weighted by Crippen LogP contribution is -2.34. The number of nitrogens with one attached hydrogen (secondary N) is 1. The molecule has 0 aliphatic rings. The second-order valence-corrected chi connectivity index (χ2v) is 2.92. The minimum atomic E-state index is 0.234. The Balaban J connectivity index is 3.08. The molecule has 14 heavy (non-hydrogen) atoms. The molecule has 0 spiro atoms. The van der Waals surface area contributed by atoms with Crippen molar-refractivity contribution in [3.8, 4) is 5.75 Å². The molecule has 5 heteroatoms. The predicted octanol–water partition coefficient (Wildman–Crippen LogP) is 0.955. The average Bonchev–Trinajstić information content (AvgIpc) is 2.15. The number of methoxy groups -OCH3 is 1. The van der Waals surface area contributed by atoms with Crippen molar-refractivity contribution in [3.05, 3.63) is 18.2 Å². The van der Waals surface area contributed by atoms with E-state index in [2.05, 4.69) is 0 Å². The first-order valence-corrected chi connectivity index (χ1v) is 4.09. The molecule has 0 amide bonds. The average molecular weight is 194 g/mol. The first-order chi connectivity index (χ1) is 6.54. The van der Waals surface area contributed by atoms with Crippen molar-refractivity contribution < 1.29 is 4.74 Å². The zero-order valence-electron chi connectivity index (χ0n) is 8.24. The van der Waals surface area contributed by atoms with Gasteiger partial charge >= 0.3 is 0 Å². The highest BCUT2D eigenvalue weighted by Crippen LogP contribution is 2.23. The van der Waals surface area contributed by atoms with Crippen molar-refractivity contribution in [2.45, 2.75) is 6.92 Å². The Labute approximate surface area is 82.7 Å². The number of nitrogens with zero attached hydrogens (tertiary/aromatic N) is 1. The van der Waals surface area contributed by atoms with Gasteiger partial charge in [0.25, 0.3) is 0 Å². The fourth-order valence-electron chi connectivity index (χ4n) is 1.06. The summed E-state index contributed by atoms with van der Waals surface area (Å²) in [5.74, 6) is 6.48. The Bertz CT molecular complexity index is 351. The molecule has 1 aromatic rings. The third-order valence-corrected chi connectivity index (χ3v) is 1.79. The zero-order valence-corrected chi connectivity index (χ0v) is 8.24. The fraction of sp³-hybridized carbons (Fsp3) is 0.222. The highest BCUT2D eigenvalue weighted by molar-refractivity contribution is 5.93. The molecule has 0 fully saturated rings. The van der Waals surface area contributed by atoms with Crippen LogP contribution in [0.25, 0.3) is 0 Å². The van der Waals surface area contributed by atoms with Crippen molar-refractivity contribution in [2.75, 3.05) is 17.9 Å². The standard InChI is InChI=1S/C9H14N4O/c1-6(10)13(12)8-3-7(11)4-9(5-8)14-2/h3-5,10H,11-12H2,1-2H3. The Hall–Kier alpha value is -1.75.